The van der Waals surface area contributed by atoms with Gasteiger partial charge in [0.15, 0.2) is 5.69 Å². The van der Waals surface area contributed by atoms with E-state index in [2.05, 4.69) is 15.4 Å². The molecule has 21 heavy (non-hydrogen) atoms. The Morgan fingerprint density at radius 3 is 2.71 bits per heavy atom. The fourth-order valence-electron chi connectivity index (χ4n) is 3.01. The summed E-state index contributed by atoms with van der Waals surface area (Å²) in [5, 5.41) is 6.90. The van der Waals surface area contributed by atoms with Crippen LogP contribution in [0.15, 0.2) is 10.6 Å². The van der Waals surface area contributed by atoms with Gasteiger partial charge in [-0.25, -0.2) is 0 Å². The van der Waals surface area contributed by atoms with E-state index in [4.69, 9.17) is 4.52 Å². The second-order valence-electron chi connectivity index (χ2n) is 6.94. The molecule has 1 saturated carbocycles. The lowest BCUT2D eigenvalue weighted by molar-refractivity contribution is 0.0931. The van der Waals surface area contributed by atoms with Gasteiger partial charge in [-0.3, -0.25) is 4.79 Å². The first kappa shape index (κ1) is 14.6. The van der Waals surface area contributed by atoms with Crippen LogP contribution in [-0.2, 0) is 0 Å². The number of amides is 1. The van der Waals surface area contributed by atoms with E-state index in [-0.39, 0.29) is 11.8 Å². The summed E-state index contributed by atoms with van der Waals surface area (Å²) in [6.45, 7) is 8.37. The summed E-state index contributed by atoms with van der Waals surface area (Å²) in [6.07, 6.45) is 5.08. The number of nitrogens with one attached hydrogen (secondary N) is 1. The molecule has 1 amide bonds. The summed E-state index contributed by atoms with van der Waals surface area (Å²) < 4.78 is 5.18. The Bertz CT molecular complexity index is 499. The van der Waals surface area contributed by atoms with Gasteiger partial charge in [-0.1, -0.05) is 19.0 Å². The van der Waals surface area contributed by atoms with Crippen LogP contribution in [-0.4, -0.2) is 42.1 Å². The van der Waals surface area contributed by atoms with Crippen molar-refractivity contribution in [2.45, 2.75) is 45.4 Å². The molecule has 5 nitrogen and oxygen atoms in total. The topological polar surface area (TPSA) is 58.4 Å². The highest BCUT2D eigenvalue weighted by molar-refractivity contribution is 5.92. The van der Waals surface area contributed by atoms with Crippen LogP contribution in [0.25, 0.3) is 0 Å². The Balaban J connectivity index is 1.50. The molecular weight excluding hydrogens is 266 g/mol. The monoisotopic (exact) mass is 291 g/mol. The second-order valence-corrected chi connectivity index (χ2v) is 6.94. The quantitative estimate of drug-likeness (QED) is 0.874. The minimum absolute atomic E-state index is 0.113. The third-order valence-electron chi connectivity index (χ3n) is 4.67. The molecule has 1 aromatic heterocycles. The molecule has 3 rings (SSSR count). The summed E-state index contributed by atoms with van der Waals surface area (Å²) in [6, 6.07) is 1.75. The van der Waals surface area contributed by atoms with Gasteiger partial charge in [0.1, 0.15) is 5.76 Å². The van der Waals surface area contributed by atoms with Crippen molar-refractivity contribution in [2.75, 3.05) is 26.2 Å². The number of rotatable bonds is 6. The summed E-state index contributed by atoms with van der Waals surface area (Å²) >= 11 is 0. The first-order chi connectivity index (χ1) is 10.1. The Kier molecular flexibility index (Phi) is 4.02. The number of aromatic nitrogens is 1. The number of carbonyl (C=O) groups is 1. The van der Waals surface area contributed by atoms with Gasteiger partial charge in [-0.05, 0) is 38.8 Å². The van der Waals surface area contributed by atoms with Crippen molar-refractivity contribution in [3.8, 4) is 0 Å². The summed E-state index contributed by atoms with van der Waals surface area (Å²) in [4.78, 5) is 14.7. The Morgan fingerprint density at radius 2 is 2.14 bits per heavy atom. The molecule has 0 radical (unpaired) electrons. The third kappa shape index (κ3) is 3.46. The van der Waals surface area contributed by atoms with Crippen molar-refractivity contribution in [1.29, 1.82) is 0 Å². The number of hydrogen-bond acceptors (Lipinski definition) is 4. The molecule has 0 bridgehead atoms. The normalized spacial score (nSPS) is 20.9. The SMILES string of the molecule is CC(C)c1cc(C(=O)NCC2(CN3CCCC3)CC2)no1. The first-order valence-corrected chi connectivity index (χ1v) is 8.05. The van der Waals surface area contributed by atoms with Crippen LogP contribution >= 0.6 is 0 Å². The molecule has 2 heterocycles. The highest BCUT2D eigenvalue weighted by Gasteiger charge is 2.44. The predicted molar refractivity (Wildman–Crippen MR) is 80.3 cm³/mol. The Labute approximate surface area is 126 Å². The van der Waals surface area contributed by atoms with Crippen LogP contribution < -0.4 is 5.32 Å². The lowest BCUT2D eigenvalue weighted by Gasteiger charge is -2.23. The molecule has 1 aromatic rings. The van der Waals surface area contributed by atoms with E-state index in [1.165, 1.54) is 38.8 Å². The third-order valence-corrected chi connectivity index (χ3v) is 4.67. The van der Waals surface area contributed by atoms with E-state index in [9.17, 15) is 4.79 Å². The van der Waals surface area contributed by atoms with E-state index in [0.29, 0.717) is 11.1 Å². The largest absolute Gasteiger partial charge is 0.360 e. The maximum Gasteiger partial charge on any atom is 0.273 e. The molecule has 1 aliphatic carbocycles. The van der Waals surface area contributed by atoms with Crippen molar-refractivity contribution in [1.82, 2.24) is 15.4 Å². The van der Waals surface area contributed by atoms with E-state index in [1.54, 1.807) is 6.07 Å². The van der Waals surface area contributed by atoms with Crippen LogP contribution in [0.4, 0.5) is 0 Å². The lowest BCUT2D eigenvalue weighted by Crippen LogP contribution is -2.37. The zero-order chi connectivity index (χ0) is 14.9. The highest BCUT2D eigenvalue weighted by Crippen LogP contribution is 2.46. The van der Waals surface area contributed by atoms with Gasteiger partial charge >= 0.3 is 0 Å². The number of carbonyl (C=O) groups excluding carboxylic acids is 1. The van der Waals surface area contributed by atoms with Crippen LogP contribution in [0.1, 0.15) is 61.7 Å². The lowest BCUT2D eigenvalue weighted by atomic mass is 10.1. The van der Waals surface area contributed by atoms with Crippen molar-refractivity contribution in [2.24, 2.45) is 5.41 Å². The van der Waals surface area contributed by atoms with Gasteiger partial charge < -0.3 is 14.7 Å². The number of nitrogens with zero attached hydrogens (tertiary/aromatic N) is 2. The summed E-state index contributed by atoms with van der Waals surface area (Å²) in [5.74, 6) is 0.903. The minimum Gasteiger partial charge on any atom is -0.360 e. The van der Waals surface area contributed by atoms with Gasteiger partial charge in [0, 0.05) is 30.5 Å². The van der Waals surface area contributed by atoms with Gasteiger partial charge in [0.2, 0.25) is 0 Å². The van der Waals surface area contributed by atoms with Crippen LogP contribution in [0.5, 0.6) is 0 Å². The van der Waals surface area contributed by atoms with Gasteiger partial charge in [0.25, 0.3) is 5.91 Å². The Hall–Kier alpha value is -1.36. The zero-order valence-corrected chi connectivity index (χ0v) is 13.0. The smallest absolute Gasteiger partial charge is 0.273 e. The average Bonchev–Trinajstić information content (AvgIpc) is 2.89. The average molecular weight is 291 g/mol. The van der Waals surface area contributed by atoms with Gasteiger partial charge in [0.05, 0.1) is 0 Å². The van der Waals surface area contributed by atoms with Crippen LogP contribution in [0.2, 0.25) is 0 Å². The summed E-state index contributed by atoms with van der Waals surface area (Å²) in [7, 11) is 0. The molecule has 0 atom stereocenters. The van der Waals surface area contributed by atoms with E-state index in [0.717, 1.165) is 18.8 Å². The van der Waals surface area contributed by atoms with E-state index >= 15 is 0 Å². The number of hydrogen-bond donors (Lipinski definition) is 1. The molecule has 0 aromatic carbocycles. The fraction of sp³-hybridized carbons (Fsp3) is 0.750. The molecule has 0 unspecified atom stereocenters. The van der Waals surface area contributed by atoms with Crippen molar-refractivity contribution < 1.29 is 9.32 Å². The molecule has 1 saturated heterocycles. The minimum atomic E-state index is -0.113. The predicted octanol–water partition coefficient (Wildman–Crippen LogP) is 2.40. The molecule has 2 aliphatic rings. The standard InChI is InChI=1S/C16H25N3O2/c1-12(2)14-9-13(18-21-14)15(20)17-10-16(5-6-16)11-19-7-3-4-8-19/h9,12H,3-8,10-11H2,1-2H3,(H,17,20). The van der Waals surface area contributed by atoms with Crippen molar-refractivity contribution in [3.05, 3.63) is 17.5 Å². The summed E-state index contributed by atoms with van der Waals surface area (Å²) in [5.41, 5.74) is 0.709. The maximum atomic E-state index is 12.1. The second kappa shape index (κ2) is 5.79. The van der Waals surface area contributed by atoms with Gasteiger partial charge in [-0.2, -0.15) is 0 Å². The molecule has 116 valence electrons. The highest BCUT2D eigenvalue weighted by atomic mass is 16.5. The van der Waals surface area contributed by atoms with Crippen molar-refractivity contribution >= 4 is 5.91 Å². The Morgan fingerprint density at radius 1 is 1.43 bits per heavy atom. The molecule has 2 fully saturated rings. The molecule has 1 aliphatic heterocycles. The van der Waals surface area contributed by atoms with Crippen LogP contribution in [0, 0.1) is 5.41 Å². The van der Waals surface area contributed by atoms with Crippen molar-refractivity contribution in [3.63, 3.8) is 0 Å². The fourth-order valence-corrected chi connectivity index (χ4v) is 3.01. The van der Waals surface area contributed by atoms with Crippen LogP contribution in [0.3, 0.4) is 0 Å². The molecule has 5 heteroatoms. The first-order valence-electron chi connectivity index (χ1n) is 8.05. The molecular formula is C16H25N3O2. The zero-order valence-electron chi connectivity index (χ0n) is 13.0. The molecule has 0 spiro atoms. The van der Waals surface area contributed by atoms with E-state index < -0.39 is 0 Å². The molecule has 1 N–H and O–H groups in total. The van der Waals surface area contributed by atoms with E-state index in [1.807, 2.05) is 13.8 Å². The van der Waals surface area contributed by atoms with Gasteiger partial charge in [-0.15, -0.1) is 0 Å². The number of likely N-dealkylation sites (tertiary alicyclic amines) is 1. The maximum absolute atomic E-state index is 12.1.